The second-order valence-electron chi connectivity index (χ2n) is 7.86. The van der Waals surface area contributed by atoms with Crippen molar-refractivity contribution in [2.75, 3.05) is 42.5 Å². The molecule has 0 atom stereocenters. The second kappa shape index (κ2) is 8.45. The van der Waals surface area contributed by atoms with E-state index in [1.807, 2.05) is 53.4 Å². The van der Waals surface area contributed by atoms with Crippen molar-refractivity contribution in [3.05, 3.63) is 71.1 Å². The van der Waals surface area contributed by atoms with Gasteiger partial charge in [-0.2, -0.15) is 5.26 Å². The first-order valence-corrected chi connectivity index (χ1v) is 11.5. The van der Waals surface area contributed by atoms with Gasteiger partial charge >= 0.3 is 0 Å². The van der Waals surface area contributed by atoms with Crippen LogP contribution in [0.4, 0.5) is 17.2 Å². The highest BCUT2D eigenvalue weighted by molar-refractivity contribution is 7.21. The first kappa shape index (κ1) is 20.8. The molecule has 0 spiro atoms. The highest BCUT2D eigenvalue weighted by Gasteiger charge is 2.28. The Morgan fingerprint density at radius 1 is 0.970 bits per heavy atom. The molecule has 1 aliphatic rings. The molecule has 5 rings (SSSR count). The Bertz CT molecular complexity index is 1370. The number of benzene rings is 2. The van der Waals surface area contributed by atoms with E-state index in [0.717, 1.165) is 24.3 Å². The molecule has 1 amide bonds. The monoisotopic (exact) mass is 454 g/mol. The number of hydrogen-bond acceptors (Lipinski definition) is 7. The fourth-order valence-corrected chi connectivity index (χ4v) is 5.37. The molecule has 0 aliphatic carbocycles. The molecule has 1 fully saturated rings. The SMILES string of the molecule is N#Cc1c(N)nc2sc(C(=O)N3CCN(c4ccccc4)CC3)c(N)c2c1-c1ccccc1. The van der Waals surface area contributed by atoms with Gasteiger partial charge in [0.2, 0.25) is 0 Å². The average Bonchev–Trinajstić information content (AvgIpc) is 3.19. The lowest BCUT2D eigenvalue weighted by molar-refractivity contribution is 0.0752. The Kier molecular flexibility index (Phi) is 5.32. The predicted octanol–water partition coefficient (Wildman–Crippen LogP) is 3.96. The largest absolute Gasteiger partial charge is 0.397 e. The number of hydrogen-bond donors (Lipinski definition) is 2. The zero-order chi connectivity index (χ0) is 22.9. The van der Waals surface area contributed by atoms with Crippen LogP contribution in [0.15, 0.2) is 60.7 Å². The number of amides is 1. The number of nitriles is 1. The maximum atomic E-state index is 13.4. The van der Waals surface area contributed by atoms with Crippen LogP contribution in [0.2, 0.25) is 0 Å². The molecule has 33 heavy (non-hydrogen) atoms. The molecule has 1 saturated heterocycles. The summed E-state index contributed by atoms with van der Waals surface area (Å²) in [7, 11) is 0. The number of thiophene rings is 1. The molecule has 0 unspecified atom stereocenters. The number of rotatable bonds is 3. The lowest BCUT2D eigenvalue weighted by Gasteiger charge is -2.36. The van der Waals surface area contributed by atoms with Crippen molar-refractivity contribution >= 4 is 44.7 Å². The Hall–Kier alpha value is -4.09. The molecule has 0 saturated carbocycles. The summed E-state index contributed by atoms with van der Waals surface area (Å²) in [6.45, 7) is 2.71. The molecule has 2 aromatic carbocycles. The highest BCUT2D eigenvalue weighted by Crippen LogP contribution is 2.43. The van der Waals surface area contributed by atoms with E-state index >= 15 is 0 Å². The van der Waals surface area contributed by atoms with Gasteiger partial charge in [0, 0.05) is 42.8 Å². The van der Waals surface area contributed by atoms with Crippen molar-refractivity contribution in [1.82, 2.24) is 9.88 Å². The first-order valence-electron chi connectivity index (χ1n) is 10.6. The minimum atomic E-state index is -0.112. The van der Waals surface area contributed by atoms with Crippen LogP contribution >= 0.6 is 11.3 Å². The van der Waals surface area contributed by atoms with Crippen LogP contribution in [0, 0.1) is 11.3 Å². The minimum absolute atomic E-state index is 0.112. The summed E-state index contributed by atoms with van der Waals surface area (Å²) in [4.78, 5) is 22.9. The molecular weight excluding hydrogens is 432 g/mol. The summed E-state index contributed by atoms with van der Waals surface area (Å²) in [5.41, 5.74) is 15.9. The number of para-hydroxylation sites is 1. The number of anilines is 3. The van der Waals surface area contributed by atoms with E-state index in [4.69, 9.17) is 11.5 Å². The summed E-state index contributed by atoms with van der Waals surface area (Å²) >= 11 is 1.23. The van der Waals surface area contributed by atoms with Crippen LogP contribution in [0.25, 0.3) is 21.3 Å². The highest BCUT2D eigenvalue weighted by atomic mass is 32.1. The summed E-state index contributed by atoms with van der Waals surface area (Å²) in [5.74, 6) is 0.0277. The van der Waals surface area contributed by atoms with Crippen molar-refractivity contribution in [3.63, 3.8) is 0 Å². The van der Waals surface area contributed by atoms with Crippen LogP contribution < -0.4 is 16.4 Å². The minimum Gasteiger partial charge on any atom is -0.397 e. The predicted molar refractivity (Wildman–Crippen MR) is 133 cm³/mol. The lowest BCUT2D eigenvalue weighted by atomic mass is 9.97. The number of nitrogens with two attached hydrogens (primary N) is 2. The van der Waals surface area contributed by atoms with E-state index in [9.17, 15) is 10.1 Å². The molecule has 2 aromatic heterocycles. The van der Waals surface area contributed by atoms with Crippen LogP contribution in [0.5, 0.6) is 0 Å². The zero-order valence-corrected chi connectivity index (χ0v) is 18.7. The van der Waals surface area contributed by atoms with E-state index < -0.39 is 0 Å². The maximum Gasteiger partial charge on any atom is 0.266 e. The Morgan fingerprint density at radius 2 is 1.61 bits per heavy atom. The van der Waals surface area contributed by atoms with Gasteiger partial charge in [-0.25, -0.2) is 4.98 Å². The number of carbonyl (C=O) groups excluding carboxylic acids is 1. The van der Waals surface area contributed by atoms with Gasteiger partial charge in [0.05, 0.1) is 5.69 Å². The van der Waals surface area contributed by atoms with Crippen molar-refractivity contribution in [2.24, 2.45) is 0 Å². The third kappa shape index (κ3) is 3.62. The van der Waals surface area contributed by atoms with E-state index in [-0.39, 0.29) is 17.3 Å². The molecule has 0 bridgehead atoms. The van der Waals surface area contributed by atoms with Gasteiger partial charge in [-0.1, -0.05) is 48.5 Å². The third-order valence-electron chi connectivity index (χ3n) is 5.96. The number of pyridine rings is 1. The summed E-state index contributed by atoms with van der Waals surface area (Å²) < 4.78 is 0. The van der Waals surface area contributed by atoms with Gasteiger partial charge < -0.3 is 21.3 Å². The number of nitrogen functional groups attached to an aromatic ring is 2. The molecular formula is C25H22N6OS. The molecule has 3 heterocycles. The van der Waals surface area contributed by atoms with E-state index in [1.165, 1.54) is 11.3 Å². The first-order chi connectivity index (χ1) is 16.1. The molecule has 8 heteroatoms. The number of aromatic nitrogens is 1. The van der Waals surface area contributed by atoms with E-state index in [2.05, 4.69) is 28.1 Å². The zero-order valence-electron chi connectivity index (χ0n) is 17.9. The topological polar surface area (TPSA) is 112 Å². The van der Waals surface area contributed by atoms with Gasteiger partial charge in [0.15, 0.2) is 0 Å². The van der Waals surface area contributed by atoms with E-state index in [1.54, 1.807) is 0 Å². The Balaban J connectivity index is 1.50. The normalized spacial score (nSPS) is 13.8. The van der Waals surface area contributed by atoms with Crippen LogP contribution in [-0.2, 0) is 0 Å². The van der Waals surface area contributed by atoms with Gasteiger partial charge in [-0.3, -0.25) is 4.79 Å². The third-order valence-corrected chi connectivity index (χ3v) is 7.05. The molecule has 4 N–H and O–H groups in total. The van der Waals surface area contributed by atoms with Crippen molar-refractivity contribution in [2.45, 2.75) is 0 Å². The smallest absolute Gasteiger partial charge is 0.266 e. The number of fused-ring (bicyclic) bond motifs is 1. The van der Waals surface area contributed by atoms with Gasteiger partial charge in [-0.05, 0) is 17.7 Å². The molecule has 1 aliphatic heterocycles. The number of carbonyl (C=O) groups is 1. The fourth-order valence-electron chi connectivity index (χ4n) is 4.29. The van der Waals surface area contributed by atoms with Crippen LogP contribution in [0.1, 0.15) is 15.2 Å². The van der Waals surface area contributed by atoms with Gasteiger partial charge in [0.1, 0.15) is 27.2 Å². The van der Waals surface area contributed by atoms with Crippen molar-refractivity contribution in [1.29, 1.82) is 5.26 Å². The molecule has 164 valence electrons. The van der Waals surface area contributed by atoms with Gasteiger partial charge in [0.25, 0.3) is 5.91 Å². The summed E-state index contributed by atoms with van der Waals surface area (Å²) in [6.07, 6.45) is 0. The Morgan fingerprint density at radius 3 is 2.24 bits per heavy atom. The number of piperazine rings is 1. The number of nitrogens with zero attached hydrogens (tertiary/aromatic N) is 4. The quantitative estimate of drug-likeness (QED) is 0.485. The Labute approximate surface area is 195 Å². The fraction of sp³-hybridized carbons (Fsp3) is 0.160. The van der Waals surface area contributed by atoms with E-state index in [0.29, 0.717) is 39.4 Å². The maximum absolute atomic E-state index is 13.4. The molecule has 4 aromatic rings. The summed E-state index contributed by atoms with van der Waals surface area (Å²) in [6, 6.07) is 21.8. The molecule has 7 nitrogen and oxygen atoms in total. The average molecular weight is 455 g/mol. The van der Waals surface area contributed by atoms with Gasteiger partial charge in [-0.15, -0.1) is 11.3 Å². The van der Waals surface area contributed by atoms with Crippen molar-refractivity contribution < 1.29 is 4.79 Å². The second-order valence-corrected chi connectivity index (χ2v) is 8.86. The standard InChI is InChI=1S/C25H22N6OS/c26-15-18-19(16-7-3-1-4-8-16)20-21(27)22(33-24(20)29-23(18)28)25(32)31-13-11-30(12-14-31)17-9-5-2-6-10-17/h1-10H,11-14,27H2,(H2,28,29). The van der Waals surface area contributed by atoms with Crippen LogP contribution in [0.3, 0.4) is 0 Å². The molecule has 0 radical (unpaired) electrons. The lowest BCUT2D eigenvalue weighted by Crippen LogP contribution is -2.48. The summed E-state index contributed by atoms with van der Waals surface area (Å²) in [5, 5.41) is 10.4. The van der Waals surface area contributed by atoms with Crippen LogP contribution in [-0.4, -0.2) is 42.0 Å². The van der Waals surface area contributed by atoms with Crippen molar-refractivity contribution in [3.8, 4) is 17.2 Å².